The number of rotatable bonds is 7. The van der Waals surface area contributed by atoms with Crippen LogP contribution in [0.5, 0.6) is 0 Å². The minimum atomic E-state index is -1.07. The lowest BCUT2D eigenvalue weighted by Gasteiger charge is -2.15. The van der Waals surface area contributed by atoms with Gasteiger partial charge in [-0.2, -0.15) is 0 Å². The molecule has 0 saturated carbocycles. The van der Waals surface area contributed by atoms with Crippen LogP contribution in [0.1, 0.15) is 18.4 Å². The number of primary amides is 1. The van der Waals surface area contributed by atoms with E-state index in [1.807, 2.05) is 0 Å². The van der Waals surface area contributed by atoms with Crippen LogP contribution in [-0.4, -0.2) is 30.9 Å². The second-order valence-corrected chi connectivity index (χ2v) is 4.55. The molecule has 2 amide bonds. The first-order valence-corrected chi connectivity index (χ1v) is 6.43. The number of nitrogens with two attached hydrogens (primary N) is 1. The van der Waals surface area contributed by atoms with Crippen LogP contribution in [0.4, 0.5) is 8.78 Å². The van der Waals surface area contributed by atoms with Crippen molar-refractivity contribution in [1.82, 2.24) is 5.32 Å². The summed E-state index contributed by atoms with van der Waals surface area (Å²) in [5, 5.41) is 2.30. The number of carbonyl (C=O) groups excluding carboxylic acids is 3. The van der Waals surface area contributed by atoms with Gasteiger partial charge < -0.3 is 15.8 Å². The fraction of sp³-hybridized carbons (Fsp3) is 0.357. The van der Waals surface area contributed by atoms with Crippen LogP contribution in [0, 0.1) is 11.6 Å². The zero-order valence-electron chi connectivity index (χ0n) is 11.9. The van der Waals surface area contributed by atoms with Crippen LogP contribution in [0.2, 0.25) is 0 Å². The third kappa shape index (κ3) is 5.47. The molecule has 1 aromatic carbocycles. The van der Waals surface area contributed by atoms with Crippen LogP contribution in [0.3, 0.4) is 0 Å². The Kier molecular flexibility index (Phi) is 6.43. The van der Waals surface area contributed by atoms with Crippen LogP contribution in [0.25, 0.3) is 0 Å². The second kappa shape index (κ2) is 8.06. The standard InChI is InChI=1S/C14H16F2N2O4/c1-22-13(20)5-4-11(14(17)21)18-12(19)6-8-2-3-9(15)7-10(8)16/h2-3,7,11H,4-6H2,1H3,(H2,17,21)(H,18,19)/t11-/m0/s1. The highest BCUT2D eigenvalue weighted by Gasteiger charge is 2.20. The van der Waals surface area contributed by atoms with Gasteiger partial charge in [-0.05, 0) is 18.1 Å². The lowest BCUT2D eigenvalue weighted by Crippen LogP contribution is -2.45. The Morgan fingerprint density at radius 2 is 2.00 bits per heavy atom. The van der Waals surface area contributed by atoms with Gasteiger partial charge in [0, 0.05) is 12.5 Å². The molecule has 0 unspecified atom stereocenters. The monoisotopic (exact) mass is 314 g/mol. The summed E-state index contributed by atoms with van der Waals surface area (Å²) in [5.74, 6) is -3.66. The van der Waals surface area contributed by atoms with E-state index >= 15 is 0 Å². The molecular formula is C14H16F2N2O4. The zero-order chi connectivity index (χ0) is 16.7. The fourth-order valence-electron chi connectivity index (χ4n) is 1.73. The van der Waals surface area contributed by atoms with Crippen molar-refractivity contribution in [2.24, 2.45) is 5.73 Å². The van der Waals surface area contributed by atoms with Gasteiger partial charge in [-0.15, -0.1) is 0 Å². The van der Waals surface area contributed by atoms with Crippen molar-refractivity contribution in [3.8, 4) is 0 Å². The minimum Gasteiger partial charge on any atom is -0.469 e. The molecule has 3 N–H and O–H groups in total. The summed E-state index contributed by atoms with van der Waals surface area (Å²) in [5.41, 5.74) is 5.11. The van der Waals surface area contributed by atoms with Gasteiger partial charge in [-0.25, -0.2) is 8.78 Å². The average Bonchev–Trinajstić information content (AvgIpc) is 2.45. The van der Waals surface area contributed by atoms with Gasteiger partial charge >= 0.3 is 5.97 Å². The second-order valence-electron chi connectivity index (χ2n) is 4.55. The number of esters is 1. The highest BCUT2D eigenvalue weighted by molar-refractivity contribution is 5.87. The maximum Gasteiger partial charge on any atom is 0.305 e. The summed E-state index contributed by atoms with van der Waals surface area (Å²) < 4.78 is 30.6. The third-order valence-corrected chi connectivity index (χ3v) is 2.91. The summed E-state index contributed by atoms with van der Waals surface area (Å²) in [6.45, 7) is 0. The van der Waals surface area contributed by atoms with E-state index in [1.54, 1.807) is 0 Å². The predicted molar refractivity (Wildman–Crippen MR) is 72.4 cm³/mol. The van der Waals surface area contributed by atoms with E-state index in [2.05, 4.69) is 10.1 Å². The molecule has 0 spiro atoms. The van der Waals surface area contributed by atoms with Crippen LogP contribution >= 0.6 is 0 Å². The largest absolute Gasteiger partial charge is 0.469 e. The number of ether oxygens (including phenoxy) is 1. The van der Waals surface area contributed by atoms with Crippen LogP contribution in [-0.2, 0) is 25.5 Å². The Morgan fingerprint density at radius 1 is 1.32 bits per heavy atom. The number of carbonyl (C=O) groups is 3. The van der Waals surface area contributed by atoms with E-state index in [-0.39, 0.29) is 24.8 Å². The van der Waals surface area contributed by atoms with Crippen molar-refractivity contribution in [2.45, 2.75) is 25.3 Å². The van der Waals surface area contributed by atoms with Gasteiger partial charge in [0.15, 0.2) is 0 Å². The van der Waals surface area contributed by atoms with Gasteiger partial charge in [-0.1, -0.05) is 6.07 Å². The zero-order valence-corrected chi connectivity index (χ0v) is 11.9. The van der Waals surface area contributed by atoms with Crippen molar-refractivity contribution in [1.29, 1.82) is 0 Å². The van der Waals surface area contributed by atoms with E-state index in [9.17, 15) is 23.2 Å². The van der Waals surface area contributed by atoms with E-state index in [1.165, 1.54) is 7.11 Å². The van der Waals surface area contributed by atoms with Crippen molar-refractivity contribution < 1.29 is 27.9 Å². The van der Waals surface area contributed by atoms with E-state index in [0.29, 0.717) is 6.07 Å². The predicted octanol–water partition coefficient (Wildman–Crippen LogP) is 0.431. The molecule has 0 saturated heterocycles. The quantitative estimate of drug-likeness (QED) is 0.713. The first-order chi connectivity index (χ1) is 10.3. The SMILES string of the molecule is COC(=O)CC[C@H](NC(=O)Cc1ccc(F)cc1F)C(N)=O. The van der Waals surface area contributed by atoms with Gasteiger partial charge in [-0.3, -0.25) is 14.4 Å². The summed E-state index contributed by atoms with van der Waals surface area (Å²) in [6, 6.07) is 1.74. The Balaban J connectivity index is 2.63. The fourth-order valence-corrected chi connectivity index (χ4v) is 1.73. The molecule has 1 rings (SSSR count). The van der Waals surface area contributed by atoms with Gasteiger partial charge in [0.05, 0.1) is 13.5 Å². The Labute approximate surface area is 125 Å². The molecule has 22 heavy (non-hydrogen) atoms. The van der Waals surface area contributed by atoms with E-state index < -0.39 is 35.5 Å². The molecule has 0 heterocycles. The van der Waals surface area contributed by atoms with Gasteiger partial charge in [0.1, 0.15) is 17.7 Å². The van der Waals surface area contributed by atoms with Crippen molar-refractivity contribution in [3.05, 3.63) is 35.4 Å². The number of nitrogens with one attached hydrogen (secondary N) is 1. The topological polar surface area (TPSA) is 98.5 Å². The molecule has 0 radical (unpaired) electrons. The van der Waals surface area contributed by atoms with Gasteiger partial charge in [0.2, 0.25) is 11.8 Å². The number of methoxy groups -OCH3 is 1. The number of amides is 2. The average molecular weight is 314 g/mol. The summed E-state index contributed by atoms with van der Waals surface area (Å²) >= 11 is 0. The molecule has 0 bridgehead atoms. The third-order valence-electron chi connectivity index (χ3n) is 2.91. The number of hydrogen-bond donors (Lipinski definition) is 2. The summed E-state index contributed by atoms with van der Waals surface area (Å²) in [6.07, 6.45) is -0.511. The minimum absolute atomic E-state index is 0.0184. The molecular weight excluding hydrogens is 298 g/mol. The van der Waals surface area contributed by atoms with Gasteiger partial charge in [0.25, 0.3) is 0 Å². The maximum atomic E-state index is 13.4. The van der Waals surface area contributed by atoms with Crippen molar-refractivity contribution >= 4 is 17.8 Å². The van der Waals surface area contributed by atoms with E-state index in [4.69, 9.17) is 5.73 Å². The van der Waals surface area contributed by atoms with Crippen LogP contribution in [0.15, 0.2) is 18.2 Å². The molecule has 0 aliphatic carbocycles. The van der Waals surface area contributed by atoms with Crippen molar-refractivity contribution in [3.63, 3.8) is 0 Å². The lowest BCUT2D eigenvalue weighted by molar-refractivity contribution is -0.141. The Bertz CT molecular complexity index is 578. The Morgan fingerprint density at radius 3 is 2.55 bits per heavy atom. The first-order valence-electron chi connectivity index (χ1n) is 6.43. The first kappa shape index (κ1) is 17.5. The number of hydrogen-bond acceptors (Lipinski definition) is 4. The van der Waals surface area contributed by atoms with Crippen molar-refractivity contribution in [2.75, 3.05) is 7.11 Å². The molecule has 8 heteroatoms. The number of benzene rings is 1. The molecule has 0 aromatic heterocycles. The molecule has 0 aliphatic rings. The van der Waals surface area contributed by atoms with E-state index in [0.717, 1.165) is 12.1 Å². The molecule has 6 nitrogen and oxygen atoms in total. The molecule has 0 fully saturated rings. The summed E-state index contributed by atoms with van der Waals surface area (Å²) in [4.78, 5) is 34.0. The normalized spacial score (nSPS) is 11.6. The smallest absolute Gasteiger partial charge is 0.305 e. The highest BCUT2D eigenvalue weighted by Crippen LogP contribution is 2.10. The maximum absolute atomic E-state index is 13.4. The highest BCUT2D eigenvalue weighted by atomic mass is 19.1. The summed E-state index contributed by atoms with van der Waals surface area (Å²) in [7, 11) is 1.19. The molecule has 1 aromatic rings. The molecule has 1 atom stereocenters. The number of halogens is 2. The Hall–Kier alpha value is -2.51. The molecule has 0 aliphatic heterocycles. The molecule has 120 valence electrons. The lowest BCUT2D eigenvalue weighted by atomic mass is 10.1. The van der Waals surface area contributed by atoms with Crippen LogP contribution < -0.4 is 11.1 Å².